The van der Waals surface area contributed by atoms with Gasteiger partial charge in [-0.3, -0.25) is 9.69 Å². The molecule has 0 saturated heterocycles. The third-order valence-corrected chi connectivity index (χ3v) is 4.62. The molecule has 1 unspecified atom stereocenters. The maximum Gasteiger partial charge on any atom is 0.226 e. The van der Waals surface area contributed by atoms with E-state index in [1.54, 1.807) is 20.4 Å². The Morgan fingerprint density at radius 3 is 3.00 bits per heavy atom. The molecule has 1 amide bonds. The fourth-order valence-electron chi connectivity index (χ4n) is 3.35. The van der Waals surface area contributed by atoms with E-state index in [4.69, 9.17) is 9.47 Å². The fourth-order valence-corrected chi connectivity index (χ4v) is 3.35. The van der Waals surface area contributed by atoms with Crippen molar-refractivity contribution >= 4 is 5.91 Å². The topological polar surface area (TPSA) is 68.6 Å². The van der Waals surface area contributed by atoms with Crippen LogP contribution < -0.4 is 10.1 Å². The molecule has 140 valence electrons. The van der Waals surface area contributed by atoms with E-state index in [1.165, 1.54) is 5.69 Å². The molecule has 1 N–H and O–H groups in total. The number of carbonyl (C=O) groups is 1. The summed E-state index contributed by atoms with van der Waals surface area (Å²) in [6.45, 7) is 3.88. The molecule has 0 aliphatic carbocycles. The van der Waals surface area contributed by atoms with Crippen LogP contribution in [0.2, 0.25) is 0 Å². The van der Waals surface area contributed by atoms with Crippen molar-refractivity contribution in [2.24, 2.45) is 5.92 Å². The molecule has 0 fully saturated rings. The van der Waals surface area contributed by atoms with Gasteiger partial charge in [0.2, 0.25) is 11.8 Å². The largest absolute Gasteiger partial charge is 0.481 e. The molecule has 0 bridgehead atoms. The number of carbonyl (C=O) groups excluding carboxylic acids is 1. The van der Waals surface area contributed by atoms with Gasteiger partial charge in [-0.2, -0.15) is 0 Å². The third-order valence-electron chi connectivity index (χ3n) is 4.62. The molecule has 0 radical (unpaired) electrons. The zero-order chi connectivity index (χ0) is 18.4. The molecule has 7 heteroatoms. The molecular weight excluding hydrogens is 332 g/mol. The summed E-state index contributed by atoms with van der Waals surface area (Å²) < 4.78 is 12.6. The van der Waals surface area contributed by atoms with E-state index >= 15 is 0 Å². The van der Waals surface area contributed by atoms with E-state index in [0.29, 0.717) is 38.7 Å². The van der Waals surface area contributed by atoms with Crippen molar-refractivity contribution in [2.45, 2.75) is 19.6 Å². The SMILES string of the molecule is COCCNC(=O)C1CN(Cc2cccnc2OC)Cc2cccn2C1. The maximum absolute atomic E-state index is 12.6. The number of nitrogens with zero attached hydrogens (tertiary/aromatic N) is 3. The predicted molar refractivity (Wildman–Crippen MR) is 97.7 cm³/mol. The molecule has 3 rings (SSSR count). The molecule has 2 aromatic heterocycles. The van der Waals surface area contributed by atoms with E-state index < -0.39 is 0 Å². The van der Waals surface area contributed by atoms with Crippen LogP contribution in [0.15, 0.2) is 36.7 Å². The van der Waals surface area contributed by atoms with Gasteiger partial charge in [-0.25, -0.2) is 4.98 Å². The summed E-state index contributed by atoms with van der Waals surface area (Å²) in [6, 6.07) is 8.07. The summed E-state index contributed by atoms with van der Waals surface area (Å²) in [5.74, 6) is 0.572. The lowest BCUT2D eigenvalue weighted by Crippen LogP contribution is -2.40. The van der Waals surface area contributed by atoms with Crippen LogP contribution in [-0.4, -0.2) is 54.3 Å². The summed E-state index contributed by atoms with van der Waals surface area (Å²) in [4.78, 5) is 19.2. The van der Waals surface area contributed by atoms with Gasteiger partial charge >= 0.3 is 0 Å². The summed E-state index contributed by atoms with van der Waals surface area (Å²) in [7, 11) is 3.26. The average molecular weight is 358 g/mol. The lowest BCUT2D eigenvalue weighted by molar-refractivity contribution is -0.126. The van der Waals surface area contributed by atoms with Crippen molar-refractivity contribution in [3.63, 3.8) is 0 Å². The number of nitrogens with one attached hydrogen (secondary N) is 1. The van der Waals surface area contributed by atoms with Gasteiger partial charge in [-0.1, -0.05) is 6.07 Å². The van der Waals surface area contributed by atoms with Crippen molar-refractivity contribution in [1.29, 1.82) is 0 Å². The maximum atomic E-state index is 12.6. The standard InChI is InChI=1S/C19H26N4O3/c1-25-10-8-20-18(24)16-12-22(14-17-6-4-9-23(17)13-16)11-15-5-3-7-21-19(15)26-2/h3-7,9,16H,8,10-14H2,1-2H3,(H,20,24). The highest BCUT2D eigenvalue weighted by atomic mass is 16.5. The lowest BCUT2D eigenvalue weighted by atomic mass is 10.1. The highest BCUT2D eigenvalue weighted by Gasteiger charge is 2.27. The van der Waals surface area contributed by atoms with E-state index in [-0.39, 0.29) is 11.8 Å². The van der Waals surface area contributed by atoms with Crippen LogP contribution in [0.25, 0.3) is 0 Å². The first-order chi connectivity index (χ1) is 12.7. The van der Waals surface area contributed by atoms with E-state index in [9.17, 15) is 4.79 Å². The van der Waals surface area contributed by atoms with E-state index in [0.717, 1.165) is 12.1 Å². The summed E-state index contributed by atoms with van der Waals surface area (Å²) in [5, 5.41) is 2.97. The molecule has 2 aromatic rings. The lowest BCUT2D eigenvalue weighted by Gasteiger charge is -2.24. The van der Waals surface area contributed by atoms with Gasteiger partial charge in [-0.15, -0.1) is 0 Å². The Hall–Kier alpha value is -2.38. The number of aromatic nitrogens is 2. The van der Waals surface area contributed by atoms with E-state index in [2.05, 4.69) is 25.8 Å². The zero-order valence-corrected chi connectivity index (χ0v) is 15.4. The quantitative estimate of drug-likeness (QED) is 0.756. The van der Waals surface area contributed by atoms with Crippen molar-refractivity contribution < 1.29 is 14.3 Å². The van der Waals surface area contributed by atoms with Crippen molar-refractivity contribution in [2.75, 3.05) is 33.9 Å². The number of fused-ring (bicyclic) bond motifs is 1. The van der Waals surface area contributed by atoms with Crippen LogP contribution in [-0.2, 0) is 29.2 Å². The molecule has 1 atom stereocenters. The number of hydrogen-bond acceptors (Lipinski definition) is 5. The number of rotatable bonds is 7. The van der Waals surface area contributed by atoms with Crippen LogP contribution in [0.3, 0.4) is 0 Å². The molecule has 7 nitrogen and oxygen atoms in total. The molecular formula is C19H26N4O3. The van der Waals surface area contributed by atoms with Gasteiger partial charge in [0.15, 0.2) is 0 Å². The molecule has 0 spiro atoms. The third kappa shape index (κ3) is 4.42. The molecule has 0 saturated carbocycles. The van der Waals surface area contributed by atoms with Gasteiger partial charge in [0, 0.05) is 63.5 Å². The Kier molecular flexibility index (Phi) is 6.25. The Balaban J connectivity index is 1.76. The second-order valence-corrected chi connectivity index (χ2v) is 6.47. The monoisotopic (exact) mass is 358 g/mol. The number of pyridine rings is 1. The second-order valence-electron chi connectivity index (χ2n) is 6.47. The minimum atomic E-state index is -0.122. The van der Waals surface area contributed by atoms with Gasteiger partial charge in [0.25, 0.3) is 0 Å². The number of hydrogen-bond donors (Lipinski definition) is 1. The van der Waals surface area contributed by atoms with Gasteiger partial charge in [-0.05, 0) is 18.2 Å². The number of ether oxygens (including phenoxy) is 2. The predicted octanol–water partition coefficient (Wildman–Crippen LogP) is 1.29. The summed E-state index contributed by atoms with van der Waals surface area (Å²) in [6.07, 6.45) is 3.76. The number of methoxy groups -OCH3 is 2. The zero-order valence-electron chi connectivity index (χ0n) is 15.4. The van der Waals surface area contributed by atoms with Gasteiger partial charge < -0.3 is 19.4 Å². The van der Waals surface area contributed by atoms with Crippen LogP contribution in [0.1, 0.15) is 11.3 Å². The van der Waals surface area contributed by atoms with E-state index in [1.807, 2.05) is 24.4 Å². The first-order valence-electron chi connectivity index (χ1n) is 8.82. The van der Waals surface area contributed by atoms with Crippen LogP contribution in [0, 0.1) is 5.92 Å². The molecule has 0 aromatic carbocycles. The Bertz CT molecular complexity index is 731. The van der Waals surface area contributed by atoms with Crippen molar-refractivity contribution in [1.82, 2.24) is 19.8 Å². The Morgan fingerprint density at radius 2 is 2.19 bits per heavy atom. The Morgan fingerprint density at radius 1 is 1.31 bits per heavy atom. The Labute approximate surface area is 153 Å². The first-order valence-corrected chi connectivity index (χ1v) is 8.82. The van der Waals surface area contributed by atoms with Crippen LogP contribution >= 0.6 is 0 Å². The van der Waals surface area contributed by atoms with Crippen molar-refractivity contribution in [3.05, 3.63) is 47.9 Å². The fraction of sp³-hybridized carbons (Fsp3) is 0.474. The highest BCUT2D eigenvalue weighted by molar-refractivity contribution is 5.78. The smallest absolute Gasteiger partial charge is 0.226 e. The molecule has 1 aliphatic rings. The molecule has 3 heterocycles. The minimum absolute atomic E-state index is 0.0618. The molecule has 26 heavy (non-hydrogen) atoms. The highest BCUT2D eigenvalue weighted by Crippen LogP contribution is 2.22. The second kappa shape index (κ2) is 8.82. The normalized spacial score (nSPS) is 17.4. The van der Waals surface area contributed by atoms with Gasteiger partial charge in [0.1, 0.15) is 0 Å². The van der Waals surface area contributed by atoms with Gasteiger partial charge in [0.05, 0.1) is 19.6 Å². The summed E-state index contributed by atoms with van der Waals surface area (Å²) >= 11 is 0. The minimum Gasteiger partial charge on any atom is -0.481 e. The molecule has 1 aliphatic heterocycles. The first kappa shape index (κ1) is 18.4. The van der Waals surface area contributed by atoms with Crippen LogP contribution in [0.4, 0.5) is 0 Å². The van der Waals surface area contributed by atoms with Crippen molar-refractivity contribution in [3.8, 4) is 5.88 Å². The number of amides is 1. The average Bonchev–Trinajstić information content (AvgIpc) is 3.00. The van der Waals surface area contributed by atoms with Crippen LogP contribution in [0.5, 0.6) is 5.88 Å². The summed E-state index contributed by atoms with van der Waals surface area (Å²) in [5.41, 5.74) is 2.23.